The average molecular weight is 567 g/mol. The normalized spacial score (nSPS) is 23.7. The second kappa shape index (κ2) is 11.2. The van der Waals surface area contributed by atoms with E-state index in [-0.39, 0.29) is 29.8 Å². The van der Waals surface area contributed by atoms with Crippen molar-refractivity contribution in [3.8, 4) is 0 Å². The summed E-state index contributed by atoms with van der Waals surface area (Å²) in [6.07, 6.45) is 2.61. The summed E-state index contributed by atoms with van der Waals surface area (Å²) in [6, 6.07) is 7.89. The molecule has 0 aliphatic carbocycles. The van der Waals surface area contributed by atoms with Crippen molar-refractivity contribution in [3.63, 3.8) is 0 Å². The van der Waals surface area contributed by atoms with E-state index >= 15 is 0 Å². The topological polar surface area (TPSA) is 133 Å². The fourth-order valence-electron chi connectivity index (χ4n) is 5.44. The maximum Gasteiger partial charge on any atom is 0.321 e. The number of imidazole rings is 1. The van der Waals surface area contributed by atoms with Gasteiger partial charge in [-0.15, -0.1) is 0 Å². The third kappa shape index (κ3) is 6.30. The standard InChI is InChI=1S/C29H42N8O4/c1-28(2,3)18-9-11-19(12-10-18)34-27(38)36(7)14-8-13-35(6)15-20-22-23(41-29(4,5)40-22)26(39-20)37-17-33-21-24(30)31-16-32-25(21)37/h9-12,16-17,20,22-23,26H,8,13-15H2,1-7H3,(H,34,38)(H2,30,31,32)/t20-,22-,23-,26-/m1/s1. The number of nitrogens with two attached hydrogens (primary N) is 1. The Hall–Kier alpha value is -3.32. The number of rotatable bonds is 8. The van der Waals surface area contributed by atoms with Gasteiger partial charge in [0.05, 0.1) is 6.33 Å². The number of nitrogen functional groups attached to an aromatic ring is 1. The van der Waals surface area contributed by atoms with Gasteiger partial charge in [-0.2, -0.15) is 0 Å². The molecule has 3 N–H and O–H groups in total. The zero-order chi connectivity index (χ0) is 29.5. The lowest BCUT2D eigenvalue weighted by molar-refractivity contribution is -0.197. The first-order valence-corrected chi connectivity index (χ1v) is 14.1. The Kier molecular flexibility index (Phi) is 7.94. The van der Waals surface area contributed by atoms with Crippen LogP contribution < -0.4 is 11.1 Å². The Morgan fingerprint density at radius 3 is 2.49 bits per heavy atom. The minimum atomic E-state index is -0.734. The molecule has 12 heteroatoms. The van der Waals surface area contributed by atoms with Crippen molar-refractivity contribution in [1.29, 1.82) is 0 Å². The maximum absolute atomic E-state index is 12.7. The lowest BCUT2D eigenvalue weighted by atomic mass is 9.87. The van der Waals surface area contributed by atoms with Gasteiger partial charge in [0.1, 0.15) is 30.2 Å². The van der Waals surface area contributed by atoms with Crippen LogP contribution in [0.5, 0.6) is 0 Å². The van der Waals surface area contributed by atoms with Gasteiger partial charge in [-0.3, -0.25) is 4.57 Å². The molecule has 41 heavy (non-hydrogen) atoms. The number of anilines is 2. The van der Waals surface area contributed by atoms with Crippen LogP contribution in [0, 0.1) is 0 Å². The van der Waals surface area contributed by atoms with Gasteiger partial charge in [-0.25, -0.2) is 19.7 Å². The van der Waals surface area contributed by atoms with Crippen LogP contribution in [0.25, 0.3) is 11.2 Å². The molecule has 4 heterocycles. The molecule has 2 amide bonds. The highest BCUT2D eigenvalue weighted by Crippen LogP contribution is 2.44. The molecule has 0 saturated carbocycles. The number of ether oxygens (including phenoxy) is 3. The van der Waals surface area contributed by atoms with Crippen LogP contribution in [0.2, 0.25) is 0 Å². The van der Waals surface area contributed by atoms with E-state index in [4.69, 9.17) is 19.9 Å². The van der Waals surface area contributed by atoms with Crippen LogP contribution in [0.15, 0.2) is 36.9 Å². The summed E-state index contributed by atoms with van der Waals surface area (Å²) < 4.78 is 20.9. The van der Waals surface area contributed by atoms with Gasteiger partial charge in [0.15, 0.2) is 23.5 Å². The number of benzene rings is 1. The molecule has 2 aliphatic heterocycles. The minimum Gasteiger partial charge on any atom is -0.382 e. The van der Waals surface area contributed by atoms with Crippen LogP contribution in [0.1, 0.15) is 52.8 Å². The molecule has 2 aliphatic rings. The third-order valence-electron chi connectivity index (χ3n) is 7.66. The van der Waals surface area contributed by atoms with E-state index in [1.807, 2.05) is 44.6 Å². The number of hydrogen-bond acceptors (Lipinski definition) is 9. The summed E-state index contributed by atoms with van der Waals surface area (Å²) in [7, 11) is 3.86. The predicted molar refractivity (Wildman–Crippen MR) is 156 cm³/mol. The molecule has 222 valence electrons. The quantitative estimate of drug-likeness (QED) is 0.419. The molecule has 2 saturated heterocycles. The van der Waals surface area contributed by atoms with Crippen molar-refractivity contribution >= 4 is 28.7 Å². The summed E-state index contributed by atoms with van der Waals surface area (Å²) in [5, 5.41) is 2.98. The summed E-state index contributed by atoms with van der Waals surface area (Å²) in [6.45, 7) is 12.4. The number of nitrogens with one attached hydrogen (secondary N) is 1. The van der Waals surface area contributed by atoms with Crippen molar-refractivity contribution < 1.29 is 19.0 Å². The number of nitrogens with zero attached hydrogens (tertiary/aromatic N) is 6. The first kappa shape index (κ1) is 29.2. The summed E-state index contributed by atoms with van der Waals surface area (Å²) in [5.74, 6) is -0.414. The minimum absolute atomic E-state index is 0.0706. The molecule has 3 aromatic rings. The second-order valence-corrected chi connectivity index (χ2v) is 12.5. The number of amides is 2. The molecule has 2 aromatic heterocycles. The molecule has 0 radical (unpaired) electrons. The van der Waals surface area contributed by atoms with E-state index < -0.39 is 12.0 Å². The highest BCUT2D eigenvalue weighted by atomic mass is 16.8. The number of aromatic nitrogens is 4. The summed E-state index contributed by atoms with van der Waals surface area (Å²) >= 11 is 0. The highest BCUT2D eigenvalue weighted by Gasteiger charge is 2.56. The van der Waals surface area contributed by atoms with Gasteiger partial charge in [0, 0.05) is 25.8 Å². The van der Waals surface area contributed by atoms with Gasteiger partial charge in [0.2, 0.25) is 0 Å². The van der Waals surface area contributed by atoms with Crippen molar-refractivity contribution in [1.82, 2.24) is 29.3 Å². The zero-order valence-corrected chi connectivity index (χ0v) is 25.0. The third-order valence-corrected chi connectivity index (χ3v) is 7.66. The molecule has 0 bridgehead atoms. The van der Waals surface area contributed by atoms with E-state index in [1.165, 1.54) is 11.9 Å². The average Bonchev–Trinajstić information content (AvgIpc) is 3.55. The fourth-order valence-corrected chi connectivity index (χ4v) is 5.44. The Morgan fingerprint density at radius 2 is 1.78 bits per heavy atom. The van der Waals surface area contributed by atoms with Gasteiger partial charge in [0.25, 0.3) is 0 Å². The van der Waals surface area contributed by atoms with Crippen molar-refractivity contribution in [3.05, 3.63) is 42.5 Å². The van der Waals surface area contributed by atoms with Crippen LogP contribution in [-0.4, -0.2) is 93.2 Å². The molecule has 0 spiro atoms. The lowest BCUT2D eigenvalue weighted by Crippen LogP contribution is -2.39. The highest BCUT2D eigenvalue weighted by molar-refractivity contribution is 5.89. The molecular formula is C29H42N8O4. The van der Waals surface area contributed by atoms with E-state index in [2.05, 4.69) is 58.1 Å². The van der Waals surface area contributed by atoms with Crippen molar-refractivity contribution in [2.24, 2.45) is 0 Å². The van der Waals surface area contributed by atoms with E-state index in [1.54, 1.807) is 11.2 Å². The van der Waals surface area contributed by atoms with Crippen LogP contribution in [-0.2, 0) is 19.6 Å². The first-order chi connectivity index (χ1) is 19.3. The van der Waals surface area contributed by atoms with Crippen molar-refractivity contribution in [2.45, 2.75) is 76.8 Å². The number of likely N-dealkylation sites (N-methyl/N-ethyl adjacent to an activating group) is 1. The number of carbonyl (C=O) groups is 1. The Balaban J connectivity index is 1.15. The smallest absolute Gasteiger partial charge is 0.321 e. The number of urea groups is 1. The predicted octanol–water partition coefficient (Wildman–Crippen LogP) is 3.61. The SMILES string of the molecule is CN(CCCN(C)C(=O)Nc1ccc(C(C)(C)C)cc1)C[C@H]1O[C@@H](n2cnc3c(N)ncnc32)[C@@H]2OC(C)(C)O[C@@H]21. The van der Waals surface area contributed by atoms with E-state index in [0.717, 1.165) is 18.7 Å². The zero-order valence-electron chi connectivity index (χ0n) is 25.0. The van der Waals surface area contributed by atoms with Gasteiger partial charge >= 0.3 is 6.03 Å². The maximum atomic E-state index is 12.7. The number of hydrogen-bond donors (Lipinski definition) is 2. The second-order valence-electron chi connectivity index (χ2n) is 12.5. The Bertz CT molecular complexity index is 1370. The van der Waals surface area contributed by atoms with Crippen molar-refractivity contribution in [2.75, 3.05) is 44.8 Å². The number of fused-ring (bicyclic) bond motifs is 2. The summed E-state index contributed by atoms with van der Waals surface area (Å²) in [5.41, 5.74) is 9.20. The molecule has 12 nitrogen and oxygen atoms in total. The van der Waals surface area contributed by atoms with E-state index in [9.17, 15) is 4.79 Å². The molecule has 1 aromatic carbocycles. The van der Waals surface area contributed by atoms with Crippen LogP contribution in [0.3, 0.4) is 0 Å². The van der Waals surface area contributed by atoms with Crippen LogP contribution in [0.4, 0.5) is 16.3 Å². The Morgan fingerprint density at radius 1 is 1.07 bits per heavy atom. The van der Waals surface area contributed by atoms with Gasteiger partial charge in [-0.05, 0) is 57.0 Å². The molecule has 5 rings (SSSR count). The molecule has 2 fully saturated rings. The molecule has 0 unspecified atom stereocenters. The molecule has 4 atom stereocenters. The first-order valence-electron chi connectivity index (χ1n) is 14.1. The van der Waals surface area contributed by atoms with Gasteiger partial charge in [-0.1, -0.05) is 32.9 Å². The van der Waals surface area contributed by atoms with Crippen LogP contribution >= 0.6 is 0 Å². The fraction of sp³-hybridized carbons (Fsp3) is 0.586. The Labute approximate surface area is 241 Å². The number of carbonyl (C=O) groups excluding carboxylic acids is 1. The monoisotopic (exact) mass is 566 g/mol. The van der Waals surface area contributed by atoms with E-state index in [0.29, 0.717) is 30.1 Å². The van der Waals surface area contributed by atoms with Gasteiger partial charge < -0.3 is 35.1 Å². The largest absolute Gasteiger partial charge is 0.382 e. The molecular weight excluding hydrogens is 524 g/mol. The lowest BCUT2D eigenvalue weighted by Gasteiger charge is -2.27. The summed E-state index contributed by atoms with van der Waals surface area (Å²) in [4.78, 5) is 29.4.